The summed E-state index contributed by atoms with van der Waals surface area (Å²) in [5, 5.41) is 6.78. The molecule has 6 heteroatoms. The van der Waals surface area contributed by atoms with Gasteiger partial charge in [-0.25, -0.2) is 4.98 Å². The number of amides is 1. The highest BCUT2D eigenvalue weighted by Crippen LogP contribution is 2.45. The lowest BCUT2D eigenvalue weighted by atomic mass is 9.91. The minimum atomic E-state index is 0.00551. The Balaban J connectivity index is 1.70. The molecule has 126 valence electrons. The lowest BCUT2D eigenvalue weighted by Crippen LogP contribution is -2.23. The van der Waals surface area contributed by atoms with Crippen LogP contribution in [0.4, 0.5) is 10.9 Å². The maximum atomic E-state index is 12.2. The molecule has 2 aliphatic rings. The molecular weight excluding hydrogens is 322 g/mol. The quantitative estimate of drug-likeness (QED) is 0.881. The molecule has 4 rings (SSSR count). The van der Waals surface area contributed by atoms with E-state index in [-0.39, 0.29) is 11.8 Å². The van der Waals surface area contributed by atoms with Gasteiger partial charge in [-0.1, -0.05) is 29.5 Å². The second-order valence-corrected chi connectivity index (χ2v) is 7.38. The van der Waals surface area contributed by atoms with Crippen molar-refractivity contribution in [3.05, 3.63) is 34.7 Å². The van der Waals surface area contributed by atoms with Crippen LogP contribution < -0.4 is 15.4 Å². The van der Waals surface area contributed by atoms with Crippen molar-refractivity contribution in [1.29, 1.82) is 0 Å². The van der Waals surface area contributed by atoms with Gasteiger partial charge in [-0.2, -0.15) is 0 Å². The molecule has 5 nitrogen and oxygen atoms in total. The van der Waals surface area contributed by atoms with Gasteiger partial charge < -0.3 is 15.4 Å². The molecule has 2 heterocycles. The van der Waals surface area contributed by atoms with E-state index in [1.54, 1.807) is 11.3 Å². The van der Waals surface area contributed by atoms with E-state index in [4.69, 9.17) is 4.74 Å². The molecule has 24 heavy (non-hydrogen) atoms. The molecule has 2 aromatic rings. The first-order valence-corrected chi connectivity index (χ1v) is 9.30. The number of rotatable bonds is 4. The van der Waals surface area contributed by atoms with Crippen molar-refractivity contribution in [1.82, 2.24) is 4.98 Å². The van der Waals surface area contributed by atoms with Crippen molar-refractivity contribution in [2.45, 2.75) is 44.1 Å². The zero-order valence-corrected chi connectivity index (χ0v) is 14.5. The number of benzene rings is 1. The molecule has 0 spiro atoms. The smallest absolute Gasteiger partial charge is 0.226 e. The first kappa shape index (κ1) is 15.4. The number of nitrogens with one attached hydrogen (secondary N) is 2. The zero-order chi connectivity index (χ0) is 16.5. The summed E-state index contributed by atoms with van der Waals surface area (Å²) in [4.78, 5) is 17.7. The van der Waals surface area contributed by atoms with Gasteiger partial charge in [0.1, 0.15) is 11.6 Å². The lowest BCUT2D eigenvalue weighted by molar-refractivity contribution is -0.116. The second kappa shape index (κ2) is 6.43. The van der Waals surface area contributed by atoms with Gasteiger partial charge in [0.05, 0.1) is 11.0 Å². The minimum absolute atomic E-state index is 0.00551. The van der Waals surface area contributed by atoms with Crippen LogP contribution in [-0.2, 0) is 4.79 Å². The number of aromatic nitrogens is 1. The number of thiazole rings is 1. The van der Waals surface area contributed by atoms with E-state index in [0.29, 0.717) is 18.3 Å². The Hall–Kier alpha value is -2.08. The third-order valence-electron chi connectivity index (χ3n) is 4.72. The number of carbonyl (C=O) groups is 1. The van der Waals surface area contributed by atoms with E-state index in [9.17, 15) is 4.79 Å². The number of hydrogen-bond donors (Lipinski definition) is 2. The average molecular weight is 343 g/mol. The van der Waals surface area contributed by atoms with Crippen LogP contribution in [0.25, 0.3) is 0 Å². The average Bonchev–Trinajstić information content (AvgIpc) is 3.23. The van der Waals surface area contributed by atoms with Gasteiger partial charge in [0.25, 0.3) is 0 Å². The molecule has 1 aromatic carbocycles. The maximum absolute atomic E-state index is 12.2. The van der Waals surface area contributed by atoms with Crippen molar-refractivity contribution in [3.8, 4) is 5.75 Å². The topological polar surface area (TPSA) is 63.3 Å². The number of nitrogens with zero attached hydrogens (tertiary/aromatic N) is 1. The summed E-state index contributed by atoms with van der Waals surface area (Å²) in [5.41, 5.74) is 1.09. The molecule has 1 amide bonds. The fraction of sp³-hybridized carbons (Fsp3) is 0.444. The number of carbonyl (C=O) groups excluding carboxylic acids is 1. The van der Waals surface area contributed by atoms with Crippen LogP contribution >= 0.6 is 11.3 Å². The highest BCUT2D eigenvalue weighted by molar-refractivity contribution is 7.16. The SMILES string of the molecule is CNc1nc2c(s1)C(c1ccccc1OC1CCCC1)CC(=O)N2. The number of para-hydroxylation sites is 1. The molecule has 1 saturated carbocycles. The van der Waals surface area contributed by atoms with E-state index in [1.807, 2.05) is 25.2 Å². The molecule has 2 N–H and O–H groups in total. The van der Waals surface area contributed by atoms with E-state index in [1.165, 1.54) is 12.8 Å². The summed E-state index contributed by atoms with van der Waals surface area (Å²) >= 11 is 1.60. The number of ether oxygens (including phenoxy) is 1. The van der Waals surface area contributed by atoms with Crippen LogP contribution in [0.2, 0.25) is 0 Å². The van der Waals surface area contributed by atoms with Crippen LogP contribution in [0.1, 0.15) is 48.5 Å². The fourth-order valence-corrected chi connectivity index (χ4v) is 4.53. The molecule has 1 aromatic heterocycles. The van der Waals surface area contributed by atoms with Gasteiger partial charge in [-0.05, 0) is 31.7 Å². The predicted molar refractivity (Wildman–Crippen MR) is 96.1 cm³/mol. The van der Waals surface area contributed by atoms with Crippen LogP contribution in [-0.4, -0.2) is 24.0 Å². The summed E-state index contributed by atoms with van der Waals surface area (Å²) in [6, 6.07) is 8.13. The van der Waals surface area contributed by atoms with Crippen LogP contribution in [0.3, 0.4) is 0 Å². The van der Waals surface area contributed by atoms with Gasteiger partial charge in [-0.3, -0.25) is 4.79 Å². The summed E-state index contributed by atoms with van der Waals surface area (Å²) in [5.74, 6) is 1.61. The normalized spacial score (nSPS) is 20.5. The van der Waals surface area contributed by atoms with E-state index < -0.39 is 0 Å². The Bertz CT molecular complexity index is 752. The third-order valence-corrected chi connectivity index (χ3v) is 5.91. The van der Waals surface area contributed by atoms with Crippen molar-refractivity contribution in [2.24, 2.45) is 0 Å². The molecule has 1 aliphatic carbocycles. The highest BCUT2D eigenvalue weighted by atomic mass is 32.1. The Kier molecular flexibility index (Phi) is 4.14. The van der Waals surface area contributed by atoms with Crippen LogP contribution in [0.15, 0.2) is 24.3 Å². The van der Waals surface area contributed by atoms with Crippen LogP contribution in [0.5, 0.6) is 5.75 Å². The molecule has 0 radical (unpaired) electrons. The Morgan fingerprint density at radius 1 is 1.29 bits per heavy atom. The fourth-order valence-electron chi connectivity index (χ4n) is 3.54. The van der Waals surface area contributed by atoms with Crippen molar-refractivity contribution >= 4 is 28.2 Å². The standard InChI is InChI=1S/C18H21N3O2S/c1-19-18-21-17-16(24-18)13(10-15(22)20-17)12-8-4-5-9-14(12)23-11-6-2-3-7-11/h4-5,8-9,11,13H,2-3,6-7,10H2,1H3,(H,19,21)(H,20,22). The molecular formula is C18H21N3O2S. The zero-order valence-electron chi connectivity index (χ0n) is 13.7. The maximum Gasteiger partial charge on any atom is 0.226 e. The molecule has 0 bridgehead atoms. The Morgan fingerprint density at radius 3 is 2.88 bits per heavy atom. The van der Waals surface area contributed by atoms with E-state index >= 15 is 0 Å². The Morgan fingerprint density at radius 2 is 2.08 bits per heavy atom. The Labute approximate surface area is 145 Å². The second-order valence-electron chi connectivity index (χ2n) is 6.35. The van der Waals surface area contributed by atoms with Crippen molar-refractivity contribution in [2.75, 3.05) is 17.7 Å². The van der Waals surface area contributed by atoms with Gasteiger partial charge in [0.15, 0.2) is 5.13 Å². The first-order valence-electron chi connectivity index (χ1n) is 8.48. The molecule has 1 aliphatic heterocycles. The van der Waals surface area contributed by atoms with Gasteiger partial charge in [0.2, 0.25) is 5.91 Å². The minimum Gasteiger partial charge on any atom is -0.490 e. The number of anilines is 2. The van der Waals surface area contributed by atoms with Gasteiger partial charge in [0, 0.05) is 24.9 Å². The van der Waals surface area contributed by atoms with Crippen molar-refractivity contribution < 1.29 is 9.53 Å². The first-order chi connectivity index (χ1) is 11.7. The molecule has 1 atom stereocenters. The van der Waals surface area contributed by atoms with Crippen molar-refractivity contribution in [3.63, 3.8) is 0 Å². The monoisotopic (exact) mass is 343 g/mol. The highest BCUT2D eigenvalue weighted by Gasteiger charge is 2.32. The van der Waals surface area contributed by atoms with E-state index in [0.717, 1.165) is 34.2 Å². The predicted octanol–water partition coefficient (Wildman–Crippen LogP) is 3.98. The molecule has 1 unspecified atom stereocenters. The summed E-state index contributed by atoms with van der Waals surface area (Å²) in [6.07, 6.45) is 5.46. The number of hydrogen-bond acceptors (Lipinski definition) is 5. The summed E-state index contributed by atoms with van der Waals surface area (Å²) in [7, 11) is 1.85. The van der Waals surface area contributed by atoms with Crippen LogP contribution in [0, 0.1) is 0 Å². The lowest BCUT2D eigenvalue weighted by Gasteiger charge is -2.25. The van der Waals surface area contributed by atoms with E-state index in [2.05, 4.69) is 21.7 Å². The third kappa shape index (κ3) is 2.86. The molecule has 1 fully saturated rings. The van der Waals surface area contributed by atoms with Gasteiger partial charge in [-0.15, -0.1) is 0 Å². The number of fused-ring (bicyclic) bond motifs is 1. The largest absolute Gasteiger partial charge is 0.490 e. The molecule has 0 saturated heterocycles. The van der Waals surface area contributed by atoms with Gasteiger partial charge >= 0.3 is 0 Å². The summed E-state index contributed by atoms with van der Waals surface area (Å²) in [6.45, 7) is 0. The summed E-state index contributed by atoms with van der Waals surface area (Å²) < 4.78 is 6.28.